The van der Waals surface area contributed by atoms with Crippen LogP contribution in [0.1, 0.15) is 33.4 Å². The van der Waals surface area contributed by atoms with Crippen LogP contribution in [0.15, 0.2) is 182 Å². The first-order chi connectivity index (χ1) is 24.4. The second-order valence-corrected chi connectivity index (χ2v) is 12.6. The summed E-state index contributed by atoms with van der Waals surface area (Å²) in [6.07, 6.45) is 0. The predicted molar refractivity (Wildman–Crippen MR) is 200 cm³/mol. The highest BCUT2D eigenvalue weighted by Gasteiger charge is 2.40. The molecule has 0 aliphatic carbocycles. The molecule has 4 N–H and O–H groups in total. The van der Waals surface area contributed by atoms with Crippen molar-refractivity contribution < 1.29 is 20.4 Å². The van der Waals surface area contributed by atoms with Crippen LogP contribution in [0.3, 0.4) is 0 Å². The predicted octanol–water partition coefficient (Wildman–Crippen LogP) is 9.64. The summed E-state index contributed by atoms with van der Waals surface area (Å²) in [5.41, 5.74) is 0.0110. The van der Waals surface area contributed by atoms with Crippen LogP contribution < -0.4 is 0 Å². The summed E-state index contributed by atoms with van der Waals surface area (Å²) >= 11 is 0. The molecule has 50 heavy (non-hydrogen) atoms. The number of aliphatic hydroxyl groups is 2. The van der Waals surface area contributed by atoms with E-state index in [2.05, 4.69) is 0 Å². The molecule has 8 rings (SSSR count). The van der Waals surface area contributed by atoms with Gasteiger partial charge in [0.05, 0.1) is 0 Å². The van der Waals surface area contributed by atoms with Crippen molar-refractivity contribution in [2.75, 3.05) is 0 Å². The Bertz CT molecular complexity index is 2200. The molecule has 4 nitrogen and oxygen atoms in total. The maximum absolute atomic E-state index is 12.9. The fourth-order valence-corrected chi connectivity index (χ4v) is 7.40. The summed E-state index contributed by atoms with van der Waals surface area (Å²) in [7, 11) is 0. The molecule has 0 unspecified atom stereocenters. The van der Waals surface area contributed by atoms with Gasteiger partial charge in [-0.05, 0) is 55.9 Å². The number of aromatic hydroxyl groups is 2. The molecule has 0 amide bonds. The van der Waals surface area contributed by atoms with E-state index < -0.39 is 11.2 Å². The van der Waals surface area contributed by atoms with E-state index in [1.807, 2.05) is 182 Å². The lowest BCUT2D eigenvalue weighted by Crippen LogP contribution is -2.29. The summed E-state index contributed by atoms with van der Waals surface area (Å²) in [6, 6.07) is 56.1. The van der Waals surface area contributed by atoms with Crippen molar-refractivity contribution >= 4 is 21.5 Å². The van der Waals surface area contributed by atoms with Gasteiger partial charge in [0.2, 0.25) is 0 Å². The van der Waals surface area contributed by atoms with Gasteiger partial charge in [0.15, 0.2) is 0 Å². The van der Waals surface area contributed by atoms with Gasteiger partial charge in [0.25, 0.3) is 0 Å². The van der Waals surface area contributed by atoms with Gasteiger partial charge in [0, 0.05) is 22.3 Å². The molecule has 8 aromatic rings. The van der Waals surface area contributed by atoms with Crippen molar-refractivity contribution in [2.45, 2.75) is 11.2 Å². The molecule has 0 fully saturated rings. The van der Waals surface area contributed by atoms with Crippen molar-refractivity contribution in [3.05, 3.63) is 215 Å². The zero-order chi connectivity index (χ0) is 34.3. The van der Waals surface area contributed by atoms with Crippen LogP contribution in [0, 0.1) is 0 Å². The minimum atomic E-state index is -1.76. The summed E-state index contributed by atoms with van der Waals surface area (Å²) in [4.78, 5) is 0. The average Bonchev–Trinajstić information content (AvgIpc) is 3.18. The van der Waals surface area contributed by atoms with Crippen LogP contribution >= 0.6 is 0 Å². The lowest BCUT2D eigenvalue weighted by atomic mass is 9.75. The Labute approximate surface area is 290 Å². The fourth-order valence-electron chi connectivity index (χ4n) is 7.40. The van der Waals surface area contributed by atoms with Crippen LogP contribution in [0.25, 0.3) is 32.7 Å². The van der Waals surface area contributed by atoms with Gasteiger partial charge in [-0.25, -0.2) is 0 Å². The first-order valence-electron chi connectivity index (χ1n) is 16.6. The Morgan fingerprint density at radius 3 is 0.880 bits per heavy atom. The molecule has 0 aliphatic heterocycles. The third-order valence-electron chi connectivity index (χ3n) is 9.84. The monoisotopic (exact) mass is 650 g/mol. The van der Waals surface area contributed by atoms with Gasteiger partial charge >= 0.3 is 0 Å². The van der Waals surface area contributed by atoms with Crippen LogP contribution in [0.4, 0.5) is 0 Å². The first kappa shape index (κ1) is 31.1. The third kappa shape index (κ3) is 4.85. The van der Waals surface area contributed by atoms with Crippen LogP contribution in [0.2, 0.25) is 0 Å². The Kier molecular flexibility index (Phi) is 7.68. The van der Waals surface area contributed by atoms with Crippen molar-refractivity contribution in [3.8, 4) is 22.6 Å². The minimum Gasteiger partial charge on any atom is -0.507 e. The van der Waals surface area contributed by atoms with E-state index in [1.54, 1.807) is 0 Å². The molecule has 242 valence electrons. The number of rotatable bonds is 7. The number of hydrogen-bond donors (Lipinski definition) is 4. The molecule has 0 spiro atoms. The molecule has 0 aliphatic rings. The summed E-state index contributed by atoms with van der Waals surface area (Å²) < 4.78 is 0. The normalized spacial score (nSPS) is 12.0. The Balaban J connectivity index is 1.52. The second-order valence-electron chi connectivity index (χ2n) is 12.6. The van der Waals surface area contributed by atoms with Gasteiger partial charge < -0.3 is 20.4 Å². The van der Waals surface area contributed by atoms with Gasteiger partial charge in [-0.2, -0.15) is 0 Å². The molecule has 0 aromatic heterocycles. The van der Waals surface area contributed by atoms with Gasteiger partial charge in [-0.15, -0.1) is 0 Å². The smallest absolute Gasteiger partial charge is 0.144 e. The zero-order valence-electron chi connectivity index (χ0n) is 27.1. The van der Waals surface area contributed by atoms with E-state index in [1.165, 1.54) is 0 Å². The quantitative estimate of drug-likeness (QED) is 0.130. The van der Waals surface area contributed by atoms with Crippen LogP contribution in [0.5, 0.6) is 11.5 Å². The van der Waals surface area contributed by atoms with E-state index in [0.717, 1.165) is 10.8 Å². The fraction of sp³-hybridized carbons (Fsp3) is 0.0435. The molecule has 0 saturated heterocycles. The largest absolute Gasteiger partial charge is 0.507 e. The highest BCUT2D eigenvalue weighted by atomic mass is 16.3. The van der Waals surface area contributed by atoms with E-state index in [9.17, 15) is 20.4 Å². The summed E-state index contributed by atoms with van der Waals surface area (Å²) in [5, 5.41) is 54.1. The minimum absolute atomic E-state index is 0.181. The molecule has 0 radical (unpaired) electrons. The zero-order valence-corrected chi connectivity index (χ0v) is 27.1. The van der Waals surface area contributed by atoms with Crippen LogP contribution in [-0.4, -0.2) is 20.4 Å². The first-order valence-corrected chi connectivity index (χ1v) is 16.6. The second kappa shape index (κ2) is 12.4. The van der Waals surface area contributed by atoms with E-state index in [0.29, 0.717) is 44.2 Å². The van der Waals surface area contributed by atoms with Crippen LogP contribution in [-0.2, 0) is 11.2 Å². The number of hydrogen-bond acceptors (Lipinski definition) is 4. The van der Waals surface area contributed by atoms with Crippen molar-refractivity contribution in [3.63, 3.8) is 0 Å². The maximum Gasteiger partial charge on any atom is 0.144 e. The Hall–Kier alpha value is -6.20. The molecule has 0 bridgehead atoms. The van der Waals surface area contributed by atoms with Gasteiger partial charge in [0.1, 0.15) is 22.7 Å². The molecule has 0 atom stereocenters. The molecule has 0 heterocycles. The highest BCUT2D eigenvalue weighted by molar-refractivity contribution is 6.11. The van der Waals surface area contributed by atoms with E-state index in [4.69, 9.17) is 0 Å². The number of phenolic OH excluding ortho intramolecular Hbond substituents is 2. The molecule has 8 aromatic carbocycles. The standard InChI is InChI=1S/C46H34O4/c47-43-39(45(49,33-19-5-1-6-20-33)34-21-7-2-8-22-34)29-31-17-13-15-27-37(31)41(43)42-38-28-16-14-18-32(38)30-40(44(42)48)46(50,35-23-9-3-10-24-35)36-25-11-4-12-26-36/h1-30,47-50H. The SMILES string of the molecule is Oc1c(C(O)(c2ccccc2)c2ccccc2)cc2ccccc2c1-c1c(O)c(C(O)(c2ccccc2)c2ccccc2)cc2ccccc12. The number of phenols is 2. The van der Waals surface area contributed by atoms with E-state index in [-0.39, 0.29) is 22.6 Å². The molecular weight excluding hydrogens is 617 g/mol. The topological polar surface area (TPSA) is 80.9 Å². The van der Waals surface area contributed by atoms with Crippen molar-refractivity contribution in [1.82, 2.24) is 0 Å². The number of benzene rings is 8. The van der Waals surface area contributed by atoms with E-state index >= 15 is 0 Å². The molecule has 0 saturated carbocycles. The lowest BCUT2D eigenvalue weighted by Gasteiger charge is -2.33. The summed E-state index contributed by atoms with van der Waals surface area (Å²) in [5.74, 6) is -0.362. The molecular formula is C46H34O4. The van der Waals surface area contributed by atoms with Gasteiger partial charge in [-0.1, -0.05) is 170 Å². The highest BCUT2D eigenvalue weighted by Crippen LogP contribution is 2.54. The molecule has 4 heteroatoms. The summed E-state index contributed by atoms with van der Waals surface area (Å²) in [6.45, 7) is 0. The van der Waals surface area contributed by atoms with Crippen molar-refractivity contribution in [2.24, 2.45) is 0 Å². The third-order valence-corrected chi connectivity index (χ3v) is 9.84. The maximum atomic E-state index is 12.9. The average molecular weight is 651 g/mol. The van der Waals surface area contributed by atoms with Crippen molar-refractivity contribution in [1.29, 1.82) is 0 Å². The van der Waals surface area contributed by atoms with Gasteiger partial charge in [-0.3, -0.25) is 0 Å². The lowest BCUT2D eigenvalue weighted by molar-refractivity contribution is 0.122. The Morgan fingerprint density at radius 1 is 0.320 bits per heavy atom. The Morgan fingerprint density at radius 2 is 0.580 bits per heavy atom. The number of fused-ring (bicyclic) bond motifs is 2.